The standard InChI is InChI=1S/C13H18N2O4/c1-14(13(18)11-5-3-7-19-11)8-12(17)15-6-2-4-10(15)9-16/h3,5,7,10,16H,2,4,6,8-9H2,1H3/t10-/m0/s1. The molecule has 1 N–H and O–H groups in total. The van der Waals surface area contributed by atoms with E-state index in [0.717, 1.165) is 12.8 Å². The van der Waals surface area contributed by atoms with Crippen LogP contribution < -0.4 is 0 Å². The Kier molecular flexibility index (Phi) is 4.21. The Labute approximate surface area is 111 Å². The molecular formula is C13H18N2O4. The fourth-order valence-electron chi connectivity index (χ4n) is 2.31. The normalized spacial score (nSPS) is 18.6. The molecule has 1 saturated heterocycles. The fourth-order valence-corrected chi connectivity index (χ4v) is 2.31. The van der Waals surface area contributed by atoms with Crippen molar-refractivity contribution >= 4 is 11.8 Å². The molecule has 0 bridgehead atoms. The fraction of sp³-hybridized carbons (Fsp3) is 0.538. The predicted molar refractivity (Wildman–Crippen MR) is 67.5 cm³/mol. The van der Waals surface area contributed by atoms with Crippen LogP contribution in [-0.4, -0.2) is 59.5 Å². The lowest BCUT2D eigenvalue weighted by atomic mass is 10.2. The molecule has 1 atom stereocenters. The highest BCUT2D eigenvalue weighted by Gasteiger charge is 2.29. The number of aliphatic hydroxyl groups is 1. The van der Waals surface area contributed by atoms with Gasteiger partial charge in [-0.25, -0.2) is 0 Å². The topological polar surface area (TPSA) is 74.0 Å². The number of hydrogen-bond acceptors (Lipinski definition) is 4. The van der Waals surface area contributed by atoms with E-state index in [1.54, 1.807) is 24.1 Å². The minimum atomic E-state index is -0.321. The second kappa shape index (κ2) is 5.88. The van der Waals surface area contributed by atoms with E-state index in [0.29, 0.717) is 6.54 Å². The summed E-state index contributed by atoms with van der Waals surface area (Å²) in [6.45, 7) is 0.616. The highest BCUT2D eigenvalue weighted by atomic mass is 16.3. The first-order valence-electron chi connectivity index (χ1n) is 6.32. The molecule has 2 heterocycles. The molecule has 0 saturated carbocycles. The quantitative estimate of drug-likeness (QED) is 0.852. The molecule has 0 aliphatic carbocycles. The number of amides is 2. The van der Waals surface area contributed by atoms with Crippen molar-refractivity contribution in [3.8, 4) is 0 Å². The summed E-state index contributed by atoms with van der Waals surface area (Å²) in [6.07, 6.45) is 3.13. The minimum Gasteiger partial charge on any atom is -0.459 e. The van der Waals surface area contributed by atoms with Crippen molar-refractivity contribution in [3.05, 3.63) is 24.2 Å². The van der Waals surface area contributed by atoms with Crippen molar-refractivity contribution in [3.63, 3.8) is 0 Å². The Morgan fingerprint density at radius 2 is 2.37 bits per heavy atom. The molecule has 1 aromatic heterocycles. The van der Waals surface area contributed by atoms with Crippen molar-refractivity contribution in [1.82, 2.24) is 9.80 Å². The molecule has 1 aliphatic rings. The van der Waals surface area contributed by atoms with E-state index in [2.05, 4.69) is 0 Å². The number of likely N-dealkylation sites (tertiary alicyclic amines) is 1. The third-order valence-corrected chi connectivity index (χ3v) is 3.36. The molecule has 0 radical (unpaired) electrons. The zero-order valence-electron chi connectivity index (χ0n) is 10.9. The van der Waals surface area contributed by atoms with Gasteiger partial charge in [0.15, 0.2) is 5.76 Å². The van der Waals surface area contributed by atoms with E-state index < -0.39 is 0 Å². The first kappa shape index (κ1) is 13.6. The lowest BCUT2D eigenvalue weighted by molar-refractivity contribution is -0.133. The predicted octanol–water partition coefficient (Wildman–Crippen LogP) is 0.335. The Morgan fingerprint density at radius 3 is 3.00 bits per heavy atom. The van der Waals surface area contributed by atoms with Crippen molar-refractivity contribution in [2.75, 3.05) is 26.7 Å². The molecule has 2 amide bonds. The monoisotopic (exact) mass is 266 g/mol. The molecule has 0 spiro atoms. The minimum absolute atomic E-state index is 0.00394. The van der Waals surface area contributed by atoms with Crippen LogP contribution in [0.15, 0.2) is 22.8 Å². The second-order valence-corrected chi connectivity index (χ2v) is 4.70. The van der Waals surface area contributed by atoms with Crippen molar-refractivity contribution < 1.29 is 19.1 Å². The van der Waals surface area contributed by atoms with Gasteiger partial charge in [0.1, 0.15) is 0 Å². The number of likely N-dealkylation sites (N-methyl/N-ethyl adjacent to an activating group) is 1. The summed E-state index contributed by atoms with van der Waals surface area (Å²) in [7, 11) is 1.56. The lowest BCUT2D eigenvalue weighted by Gasteiger charge is -2.25. The maximum absolute atomic E-state index is 12.1. The molecule has 0 unspecified atom stereocenters. The van der Waals surface area contributed by atoms with E-state index in [1.807, 2.05) is 0 Å². The van der Waals surface area contributed by atoms with Gasteiger partial charge >= 0.3 is 0 Å². The smallest absolute Gasteiger partial charge is 0.289 e. The highest BCUT2D eigenvalue weighted by molar-refractivity contribution is 5.94. The van der Waals surface area contributed by atoms with Crippen molar-refractivity contribution in [2.24, 2.45) is 0 Å². The Bertz CT molecular complexity index is 444. The van der Waals surface area contributed by atoms with Crippen molar-refractivity contribution in [2.45, 2.75) is 18.9 Å². The summed E-state index contributed by atoms with van der Waals surface area (Å²) < 4.78 is 5.01. The number of carbonyl (C=O) groups excluding carboxylic acids is 2. The van der Waals surface area contributed by atoms with Gasteiger partial charge in [0.05, 0.1) is 25.5 Å². The van der Waals surface area contributed by atoms with Crippen LogP contribution in [0, 0.1) is 0 Å². The second-order valence-electron chi connectivity index (χ2n) is 4.70. The SMILES string of the molecule is CN(CC(=O)N1CCC[C@H]1CO)C(=O)c1ccco1. The van der Waals surface area contributed by atoms with Gasteiger partial charge in [-0.3, -0.25) is 9.59 Å². The first-order chi connectivity index (χ1) is 9.13. The largest absolute Gasteiger partial charge is 0.459 e. The summed E-state index contributed by atoms with van der Waals surface area (Å²) in [5, 5.41) is 9.19. The van der Waals surface area contributed by atoms with Crippen molar-refractivity contribution in [1.29, 1.82) is 0 Å². The Hall–Kier alpha value is -1.82. The number of furan rings is 1. The number of carbonyl (C=O) groups is 2. The van der Waals surface area contributed by atoms with Gasteiger partial charge in [0.2, 0.25) is 5.91 Å². The average molecular weight is 266 g/mol. The molecule has 1 aliphatic heterocycles. The van der Waals surface area contributed by atoms with Gasteiger partial charge in [-0.15, -0.1) is 0 Å². The van der Waals surface area contributed by atoms with Crippen LogP contribution in [0.3, 0.4) is 0 Å². The van der Waals surface area contributed by atoms with Gasteiger partial charge in [-0.2, -0.15) is 0 Å². The van der Waals surface area contributed by atoms with Crippen LogP contribution in [-0.2, 0) is 4.79 Å². The van der Waals surface area contributed by atoms with Crippen LogP contribution in [0.4, 0.5) is 0 Å². The summed E-state index contributed by atoms with van der Waals surface area (Å²) in [6, 6.07) is 3.08. The van der Waals surface area contributed by atoms with E-state index >= 15 is 0 Å². The average Bonchev–Trinajstić information content (AvgIpc) is 3.08. The maximum Gasteiger partial charge on any atom is 0.289 e. The molecule has 6 nitrogen and oxygen atoms in total. The molecule has 1 aromatic rings. The molecule has 2 rings (SSSR count). The van der Waals surface area contributed by atoms with E-state index in [9.17, 15) is 14.7 Å². The molecule has 6 heteroatoms. The van der Waals surface area contributed by atoms with Crippen LogP contribution >= 0.6 is 0 Å². The maximum atomic E-state index is 12.1. The lowest BCUT2D eigenvalue weighted by Crippen LogP contribution is -2.44. The molecule has 0 aromatic carbocycles. The molecule has 104 valence electrons. The Morgan fingerprint density at radius 1 is 1.58 bits per heavy atom. The molecular weight excluding hydrogens is 248 g/mol. The summed E-state index contributed by atoms with van der Waals surface area (Å²) in [5.41, 5.74) is 0. The third kappa shape index (κ3) is 2.96. The van der Waals surface area contributed by atoms with Gasteiger partial charge < -0.3 is 19.3 Å². The third-order valence-electron chi connectivity index (χ3n) is 3.36. The first-order valence-corrected chi connectivity index (χ1v) is 6.32. The number of rotatable bonds is 4. The van der Waals surface area contributed by atoms with Crippen LogP contribution in [0.25, 0.3) is 0 Å². The van der Waals surface area contributed by atoms with Crippen LogP contribution in [0.5, 0.6) is 0 Å². The highest BCUT2D eigenvalue weighted by Crippen LogP contribution is 2.17. The summed E-state index contributed by atoms with van der Waals surface area (Å²) in [4.78, 5) is 27.0. The van der Waals surface area contributed by atoms with E-state index in [-0.39, 0.29) is 36.8 Å². The van der Waals surface area contributed by atoms with E-state index in [4.69, 9.17) is 4.42 Å². The van der Waals surface area contributed by atoms with Gasteiger partial charge in [-0.1, -0.05) is 0 Å². The summed E-state index contributed by atoms with van der Waals surface area (Å²) >= 11 is 0. The zero-order valence-corrected chi connectivity index (χ0v) is 10.9. The van der Waals surface area contributed by atoms with Gasteiger partial charge in [0, 0.05) is 13.6 Å². The van der Waals surface area contributed by atoms with Gasteiger partial charge in [0.25, 0.3) is 5.91 Å². The summed E-state index contributed by atoms with van der Waals surface area (Å²) in [5.74, 6) is -0.243. The van der Waals surface area contributed by atoms with E-state index in [1.165, 1.54) is 11.2 Å². The Balaban J connectivity index is 1.93. The number of nitrogens with zero attached hydrogens (tertiary/aromatic N) is 2. The molecule has 19 heavy (non-hydrogen) atoms. The van der Waals surface area contributed by atoms with Crippen LogP contribution in [0.1, 0.15) is 23.4 Å². The van der Waals surface area contributed by atoms with Crippen LogP contribution in [0.2, 0.25) is 0 Å². The number of hydrogen-bond donors (Lipinski definition) is 1. The number of aliphatic hydroxyl groups excluding tert-OH is 1. The molecule has 1 fully saturated rings. The zero-order chi connectivity index (χ0) is 13.8. The van der Waals surface area contributed by atoms with Gasteiger partial charge in [-0.05, 0) is 25.0 Å².